The summed E-state index contributed by atoms with van der Waals surface area (Å²) in [6.45, 7) is 2.53. The van der Waals surface area contributed by atoms with Crippen LogP contribution in [0.2, 0.25) is 0 Å². The molecule has 1 aliphatic rings. The molecule has 6 nitrogen and oxygen atoms in total. The monoisotopic (exact) mass is 173 g/mol. The van der Waals surface area contributed by atoms with Crippen LogP contribution in [-0.2, 0) is 4.74 Å². The van der Waals surface area contributed by atoms with E-state index in [2.05, 4.69) is 15.8 Å². The van der Waals surface area contributed by atoms with Crippen LogP contribution < -0.4 is 11.1 Å². The number of primary amides is 1. The molecular weight excluding hydrogens is 162 g/mol. The van der Waals surface area contributed by atoms with E-state index in [0.717, 1.165) is 0 Å². The van der Waals surface area contributed by atoms with E-state index in [1.807, 2.05) is 0 Å². The molecule has 0 bridgehead atoms. The van der Waals surface area contributed by atoms with Crippen LogP contribution in [0.3, 0.4) is 0 Å². The lowest BCUT2D eigenvalue weighted by molar-refractivity contribution is 0.117. The van der Waals surface area contributed by atoms with Crippen molar-refractivity contribution in [2.24, 2.45) is 5.73 Å². The summed E-state index contributed by atoms with van der Waals surface area (Å²) >= 11 is 0. The number of amides is 2. The number of rotatable bonds is 0. The summed E-state index contributed by atoms with van der Waals surface area (Å²) < 4.78 is 4.19. The first-order valence-corrected chi connectivity index (χ1v) is 3.67. The smallest absolute Gasteiger partial charge is 0.359 e. The van der Waals surface area contributed by atoms with Gasteiger partial charge in [0, 0.05) is 26.2 Å². The number of piperazine rings is 1. The maximum atomic E-state index is 11.0. The van der Waals surface area contributed by atoms with Gasteiger partial charge in [0.1, 0.15) is 0 Å². The summed E-state index contributed by atoms with van der Waals surface area (Å²) in [5, 5.41) is 3.06. The van der Waals surface area contributed by atoms with Crippen LogP contribution in [0.15, 0.2) is 0 Å². The van der Waals surface area contributed by atoms with Gasteiger partial charge in [-0.05, 0) is 0 Å². The Morgan fingerprint density at radius 2 is 1.92 bits per heavy atom. The minimum atomic E-state index is -1.06. The highest BCUT2D eigenvalue weighted by atomic mass is 16.6. The van der Waals surface area contributed by atoms with Gasteiger partial charge in [-0.15, -0.1) is 0 Å². The van der Waals surface area contributed by atoms with E-state index in [1.54, 1.807) is 0 Å². The quantitative estimate of drug-likeness (QED) is 0.465. The number of ether oxygens (including phenoxy) is 1. The zero-order chi connectivity index (χ0) is 8.97. The van der Waals surface area contributed by atoms with Crippen molar-refractivity contribution < 1.29 is 14.3 Å². The van der Waals surface area contributed by atoms with E-state index in [4.69, 9.17) is 0 Å². The molecule has 0 aliphatic carbocycles. The first kappa shape index (κ1) is 8.79. The van der Waals surface area contributed by atoms with E-state index in [0.29, 0.717) is 26.2 Å². The van der Waals surface area contributed by atoms with Gasteiger partial charge in [-0.3, -0.25) is 0 Å². The second-order valence-corrected chi connectivity index (χ2v) is 2.42. The minimum Gasteiger partial charge on any atom is -0.359 e. The van der Waals surface area contributed by atoms with Crippen molar-refractivity contribution in [1.29, 1.82) is 0 Å². The van der Waals surface area contributed by atoms with Gasteiger partial charge in [0.15, 0.2) is 0 Å². The number of nitrogens with two attached hydrogens (primary N) is 1. The maximum Gasteiger partial charge on any atom is 0.418 e. The number of nitrogens with one attached hydrogen (secondary N) is 1. The van der Waals surface area contributed by atoms with Gasteiger partial charge in [-0.25, -0.2) is 9.59 Å². The highest BCUT2D eigenvalue weighted by molar-refractivity contribution is 5.82. The number of nitrogens with zero attached hydrogens (tertiary/aromatic N) is 1. The standard InChI is InChI=1S/C6H11N3O3/c7-5(10)12-6(11)9-3-1-8-2-4-9/h8H,1-4H2,(H2,7,10). The average Bonchev–Trinajstić information content (AvgIpc) is 2.05. The van der Waals surface area contributed by atoms with E-state index >= 15 is 0 Å². The average molecular weight is 173 g/mol. The van der Waals surface area contributed by atoms with Crippen LogP contribution in [0.1, 0.15) is 0 Å². The lowest BCUT2D eigenvalue weighted by atomic mass is 10.4. The third kappa shape index (κ3) is 2.39. The lowest BCUT2D eigenvalue weighted by Gasteiger charge is -2.25. The summed E-state index contributed by atoms with van der Waals surface area (Å²) in [7, 11) is 0. The molecule has 1 rings (SSSR count). The molecule has 2 amide bonds. The fourth-order valence-electron chi connectivity index (χ4n) is 0.998. The van der Waals surface area contributed by atoms with E-state index in [-0.39, 0.29) is 0 Å². The van der Waals surface area contributed by atoms with Crippen molar-refractivity contribution in [3.8, 4) is 0 Å². The Kier molecular flexibility index (Phi) is 2.87. The summed E-state index contributed by atoms with van der Waals surface area (Å²) in [6.07, 6.45) is -1.72. The van der Waals surface area contributed by atoms with Gasteiger partial charge in [0.2, 0.25) is 0 Å². The molecule has 0 unspecified atom stereocenters. The lowest BCUT2D eigenvalue weighted by Crippen LogP contribution is -2.47. The van der Waals surface area contributed by atoms with Gasteiger partial charge in [0.05, 0.1) is 0 Å². The predicted molar refractivity (Wildman–Crippen MR) is 40.5 cm³/mol. The topological polar surface area (TPSA) is 84.7 Å². The number of carbonyl (C=O) groups is 2. The Labute approximate surface area is 69.6 Å². The Balaban J connectivity index is 2.34. The molecule has 0 aromatic carbocycles. The molecule has 1 aliphatic heterocycles. The molecule has 3 N–H and O–H groups in total. The second-order valence-electron chi connectivity index (χ2n) is 2.42. The van der Waals surface area contributed by atoms with Gasteiger partial charge in [-0.1, -0.05) is 0 Å². The normalized spacial score (nSPS) is 17.2. The van der Waals surface area contributed by atoms with Gasteiger partial charge in [-0.2, -0.15) is 0 Å². The summed E-state index contributed by atoms with van der Waals surface area (Å²) in [5.74, 6) is 0. The van der Waals surface area contributed by atoms with Crippen LogP contribution in [0.5, 0.6) is 0 Å². The van der Waals surface area contributed by atoms with Gasteiger partial charge in [0.25, 0.3) is 0 Å². The molecule has 0 aromatic rings. The highest BCUT2D eigenvalue weighted by Crippen LogP contribution is 1.95. The SMILES string of the molecule is NC(=O)OC(=O)N1CCNCC1. The molecule has 12 heavy (non-hydrogen) atoms. The van der Waals surface area contributed by atoms with Gasteiger partial charge >= 0.3 is 12.2 Å². The Morgan fingerprint density at radius 1 is 1.33 bits per heavy atom. The Hall–Kier alpha value is -1.30. The van der Waals surface area contributed by atoms with E-state index < -0.39 is 12.2 Å². The van der Waals surface area contributed by atoms with Crippen molar-refractivity contribution >= 4 is 12.2 Å². The summed E-state index contributed by atoms with van der Waals surface area (Å²) in [6, 6.07) is 0. The van der Waals surface area contributed by atoms with Crippen LogP contribution in [-0.4, -0.2) is 43.3 Å². The zero-order valence-electron chi connectivity index (χ0n) is 6.58. The van der Waals surface area contributed by atoms with Crippen LogP contribution in [0.4, 0.5) is 9.59 Å². The molecule has 1 heterocycles. The van der Waals surface area contributed by atoms with E-state index in [1.165, 1.54) is 4.90 Å². The number of hydrogen-bond acceptors (Lipinski definition) is 4. The Morgan fingerprint density at radius 3 is 2.42 bits per heavy atom. The first-order chi connectivity index (χ1) is 5.70. The molecule has 0 saturated carbocycles. The summed E-state index contributed by atoms with van der Waals surface area (Å²) in [4.78, 5) is 22.6. The fraction of sp³-hybridized carbons (Fsp3) is 0.667. The molecule has 0 spiro atoms. The fourth-order valence-corrected chi connectivity index (χ4v) is 0.998. The van der Waals surface area contributed by atoms with Crippen molar-refractivity contribution in [3.63, 3.8) is 0 Å². The highest BCUT2D eigenvalue weighted by Gasteiger charge is 2.18. The maximum absolute atomic E-state index is 11.0. The van der Waals surface area contributed by atoms with Crippen LogP contribution >= 0.6 is 0 Å². The predicted octanol–water partition coefficient (Wildman–Crippen LogP) is -0.893. The molecule has 0 radical (unpaired) electrons. The molecule has 1 saturated heterocycles. The molecule has 68 valence electrons. The molecular formula is C6H11N3O3. The second kappa shape index (κ2) is 3.91. The van der Waals surface area contributed by atoms with E-state index in [9.17, 15) is 9.59 Å². The Bertz CT molecular complexity index is 188. The number of hydrogen-bond donors (Lipinski definition) is 2. The minimum absolute atomic E-state index is 0.548. The molecule has 1 fully saturated rings. The van der Waals surface area contributed by atoms with Crippen molar-refractivity contribution in [2.45, 2.75) is 0 Å². The third-order valence-electron chi connectivity index (χ3n) is 1.56. The molecule has 0 aromatic heterocycles. The number of carbonyl (C=O) groups excluding carboxylic acids is 2. The van der Waals surface area contributed by atoms with Crippen molar-refractivity contribution in [3.05, 3.63) is 0 Å². The third-order valence-corrected chi connectivity index (χ3v) is 1.56. The van der Waals surface area contributed by atoms with Crippen molar-refractivity contribution in [2.75, 3.05) is 26.2 Å². The zero-order valence-corrected chi connectivity index (χ0v) is 6.58. The molecule has 6 heteroatoms. The van der Waals surface area contributed by atoms with Crippen LogP contribution in [0, 0.1) is 0 Å². The molecule has 0 atom stereocenters. The summed E-state index contributed by atoms with van der Waals surface area (Å²) in [5.41, 5.74) is 4.68. The largest absolute Gasteiger partial charge is 0.418 e. The van der Waals surface area contributed by atoms with Gasteiger partial charge < -0.3 is 20.7 Å². The van der Waals surface area contributed by atoms with Crippen molar-refractivity contribution in [1.82, 2.24) is 10.2 Å². The first-order valence-electron chi connectivity index (χ1n) is 3.67. The van der Waals surface area contributed by atoms with Crippen LogP contribution in [0.25, 0.3) is 0 Å².